The number of primary amides is 1. The second-order valence-electron chi connectivity index (χ2n) is 3.86. The lowest BCUT2D eigenvalue weighted by molar-refractivity contribution is 0.248. The quantitative estimate of drug-likeness (QED) is 0.830. The van der Waals surface area contributed by atoms with Crippen LogP contribution >= 0.6 is 0 Å². The van der Waals surface area contributed by atoms with Gasteiger partial charge in [0.2, 0.25) is 0 Å². The van der Waals surface area contributed by atoms with Gasteiger partial charge in [-0.3, -0.25) is 0 Å². The van der Waals surface area contributed by atoms with Gasteiger partial charge in [0.1, 0.15) is 5.82 Å². The van der Waals surface area contributed by atoms with Crippen LogP contribution in [0.5, 0.6) is 0 Å². The van der Waals surface area contributed by atoms with E-state index >= 15 is 0 Å². The Morgan fingerprint density at radius 2 is 2.06 bits per heavy atom. The topological polar surface area (TPSA) is 72.9 Å². The van der Waals surface area contributed by atoms with Gasteiger partial charge in [0.05, 0.1) is 5.69 Å². The molecule has 88 valence electrons. The Hall–Kier alpha value is -2.30. The molecule has 0 saturated heterocycles. The van der Waals surface area contributed by atoms with Crippen molar-refractivity contribution in [2.24, 2.45) is 5.73 Å². The summed E-state index contributed by atoms with van der Waals surface area (Å²) < 4.78 is 1.15. The predicted molar refractivity (Wildman–Crippen MR) is 66.4 cm³/mol. The average molecular weight is 230 g/mol. The van der Waals surface area contributed by atoms with E-state index in [0.717, 1.165) is 21.6 Å². The molecule has 0 atom stereocenters. The predicted octanol–water partition coefficient (Wildman–Crippen LogP) is 2.17. The summed E-state index contributed by atoms with van der Waals surface area (Å²) in [4.78, 5) is 11.2. The standard InChI is InChI=1S/C12H14N4O/c1-8-5-3-4-6-10(8)14-11-7-9(2)15-16(11)12(13)17/h3-7,14H,1-2H3,(H2,13,17). The minimum absolute atomic E-state index is 0.573. The number of nitrogens with one attached hydrogen (secondary N) is 1. The molecular formula is C12H14N4O. The number of benzene rings is 1. The zero-order chi connectivity index (χ0) is 12.4. The minimum Gasteiger partial charge on any atom is -0.350 e. The molecule has 0 spiro atoms. The highest BCUT2D eigenvalue weighted by Crippen LogP contribution is 2.20. The largest absolute Gasteiger partial charge is 0.350 e. The van der Waals surface area contributed by atoms with Crippen molar-refractivity contribution in [3.05, 3.63) is 41.6 Å². The number of rotatable bonds is 2. The summed E-state index contributed by atoms with van der Waals surface area (Å²) in [6.07, 6.45) is 0. The summed E-state index contributed by atoms with van der Waals surface area (Å²) in [7, 11) is 0. The molecule has 0 aliphatic carbocycles. The molecule has 17 heavy (non-hydrogen) atoms. The Morgan fingerprint density at radius 3 is 2.71 bits per heavy atom. The molecule has 1 amide bonds. The normalized spacial score (nSPS) is 10.2. The van der Waals surface area contributed by atoms with Gasteiger partial charge in [0.15, 0.2) is 0 Å². The van der Waals surface area contributed by atoms with Gasteiger partial charge in [0, 0.05) is 11.8 Å². The van der Waals surface area contributed by atoms with E-state index in [1.54, 1.807) is 6.07 Å². The number of aryl methyl sites for hydroxylation is 2. The third-order valence-electron chi connectivity index (χ3n) is 2.45. The van der Waals surface area contributed by atoms with Crippen molar-refractivity contribution in [2.75, 3.05) is 5.32 Å². The van der Waals surface area contributed by atoms with E-state index in [1.807, 2.05) is 38.1 Å². The van der Waals surface area contributed by atoms with E-state index in [0.29, 0.717) is 5.82 Å². The molecular weight excluding hydrogens is 216 g/mol. The zero-order valence-electron chi connectivity index (χ0n) is 9.77. The summed E-state index contributed by atoms with van der Waals surface area (Å²) in [5, 5.41) is 7.16. The lowest BCUT2D eigenvalue weighted by atomic mass is 10.2. The fourth-order valence-corrected chi connectivity index (χ4v) is 1.61. The molecule has 3 N–H and O–H groups in total. The fourth-order valence-electron chi connectivity index (χ4n) is 1.61. The number of hydrogen-bond acceptors (Lipinski definition) is 3. The van der Waals surface area contributed by atoms with Gasteiger partial charge in [-0.2, -0.15) is 9.78 Å². The maximum absolute atomic E-state index is 11.2. The van der Waals surface area contributed by atoms with Crippen molar-refractivity contribution < 1.29 is 4.79 Å². The van der Waals surface area contributed by atoms with Crippen molar-refractivity contribution in [3.8, 4) is 0 Å². The van der Waals surface area contributed by atoms with E-state index < -0.39 is 6.03 Å². The number of para-hydroxylation sites is 1. The van der Waals surface area contributed by atoms with Crippen molar-refractivity contribution in [3.63, 3.8) is 0 Å². The van der Waals surface area contributed by atoms with Crippen LogP contribution < -0.4 is 11.1 Å². The van der Waals surface area contributed by atoms with Crippen LogP contribution in [0.25, 0.3) is 0 Å². The van der Waals surface area contributed by atoms with Crippen molar-refractivity contribution in [2.45, 2.75) is 13.8 Å². The fraction of sp³-hybridized carbons (Fsp3) is 0.167. The van der Waals surface area contributed by atoms with Gasteiger partial charge in [0.25, 0.3) is 0 Å². The first kappa shape index (κ1) is 11.2. The molecule has 2 rings (SSSR count). The van der Waals surface area contributed by atoms with Crippen LogP contribution in [-0.2, 0) is 0 Å². The number of carbonyl (C=O) groups excluding carboxylic acids is 1. The molecule has 0 unspecified atom stereocenters. The first-order valence-electron chi connectivity index (χ1n) is 5.27. The summed E-state index contributed by atoms with van der Waals surface area (Å²) in [5.74, 6) is 0.573. The molecule has 0 fully saturated rings. The van der Waals surface area contributed by atoms with Crippen LogP contribution in [0, 0.1) is 13.8 Å². The van der Waals surface area contributed by atoms with E-state index in [-0.39, 0.29) is 0 Å². The van der Waals surface area contributed by atoms with Gasteiger partial charge in [-0.05, 0) is 25.5 Å². The Bertz CT molecular complexity index is 559. The maximum Gasteiger partial charge on any atom is 0.341 e. The van der Waals surface area contributed by atoms with E-state index in [4.69, 9.17) is 5.73 Å². The molecule has 0 aliphatic heterocycles. The van der Waals surface area contributed by atoms with Crippen molar-refractivity contribution in [1.29, 1.82) is 0 Å². The third-order valence-corrected chi connectivity index (χ3v) is 2.45. The number of amides is 1. The number of aromatic nitrogens is 2. The summed E-state index contributed by atoms with van der Waals surface area (Å²) in [5.41, 5.74) is 7.99. The first-order valence-corrected chi connectivity index (χ1v) is 5.27. The van der Waals surface area contributed by atoms with Crippen LogP contribution in [0.4, 0.5) is 16.3 Å². The number of nitrogens with two attached hydrogens (primary N) is 1. The summed E-state index contributed by atoms with van der Waals surface area (Å²) >= 11 is 0. The zero-order valence-corrected chi connectivity index (χ0v) is 9.77. The molecule has 5 heteroatoms. The highest BCUT2D eigenvalue weighted by atomic mass is 16.2. The van der Waals surface area contributed by atoms with Crippen LogP contribution in [0.2, 0.25) is 0 Å². The summed E-state index contributed by atoms with van der Waals surface area (Å²) in [6, 6.07) is 8.97. The SMILES string of the molecule is Cc1cc(Nc2ccccc2C)n(C(N)=O)n1. The van der Waals surface area contributed by atoms with Gasteiger partial charge < -0.3 is 11.1 Å². The van der Waals surface area contributed by atoms with Crippen LogP contribution in [0.15, 0.2) is 30.3 Å². The molecule has 0 radical (unpaired) electrons. The van der Waals surface area contributed by atoms with E-state index in [1.165, 1.54) is 0 Å². The van der Waals surface area contributed by atoms with E-state index in [2.05, 4.69) is 10.4 Å². The number of anilines is 2. The lowest BCUT2D eigenvalue weighted by Gasteiger charge is -2.09. The molecule has 0 aliphatic rings. The molecule has 2 aromatic rings. The lowest BCUT2D eigenvalue weighted by Crippen LogP contribution is -2.22. The molecule has 1 aromatic carbocycles. The number of carbonyl (C=O) groups is 1. The second-order valence-corrected chi connectivity index (χ2v) is 3.86. The minimum atomic E-state index is -0.603. The Morgan fingerprint density at radius 1 is 1.35 bits per heavy atom. The van der Waals surface area contributed by atoms with Crippen LogP contribution in [-0.4, -0.2) is 15.8 Å². The second kappa shape index (κ2) is 4.29. The average Bonchev–Trinajstić information content (AvgIpc) is 2.63. The van der Waals surface area contributed by atoms with Gasteiger partial charge in [-0.25, -0.2) is 4.79 Å². The molecule has 0 saturated carbocycles. The highest BCUT2D eigenvalue weighted by molar-refractivity contribution is 5.79. The Kier molecular flexibility index (Phi) is 2.82. The maximum atomic E-state index is 11.2. The highest BCUT2D eigenvalue weighted by Gasteiger charge is 2.10. The molecule has 0 bridgehead atoms. The van der Waals surface area contributed by atoms with E-state index in [9.17, 15) is 4.79 Å². The van der Waals surface area contributed by atoms with Gasteiger partial charge in [-0.15, -0.1) is 0 Å². The number of nitrogens with zero attached hydrogens (tertiary/aromatic N) is 2. The van der Waals surface area contributed by atoms with Crippen LogP contribution in [0.1, 0.15) is 11.3 Å². The third kappa shape index (κ3) is 2.28. The summed E-state index contributed by atoms with van der Waals surface area (Å²) in [6.45, 7) is 3.79. The first-order chi connectivity index (χ1) is 8.08. The van der Waals surface area contributed by atoms with Gasteiger partial charge in [-0.1, -0.05) is 18.2 Å². The number of hydrogen-bond donors (Lipinski definition) is 2. The van der Waals surface area contributed by atoms with Crippen molar-refractivity contribution in [1.82, 2.24) is 9.78 Å². The smallest absolute Gasteiger partial charge is 0.341 e. The molecule has 1 aromatic heterocycles. The van der Waals surface area contributed by atoms with Crippen LogP contribution in [0.3, 0.4) is 0 Å². The molecule has 1 heterocycles. The monoisotopic (exact) mass is 230 g/mol. The Balaban J connectivity index is 2.36. The van der Waals surface area contributed by atoms with Gasteiger partial charge >= 0.3 is 6.03 Å². The Labute approximate surface area is 99.2 Å². The van der Waals surface area contributed by atoms with Crippen molar-refractivity contribution >= 4 is 17.5 Å². The molecule has 5 nitrogen and oxygen atoms in total.